The van der Waals surface area contributed by atoms with Crippen LogP contribution in [0.25, 0.3) is 0 Å². The molecule has 0 aliphatic rings. The van der Waals surface area contributed by atoms with E-state index in [1.807, 2.05) is 37.3 Å². The first-order chi connectivity index (χ1) is 14.2. The molecule has 0 heterocycles. The van der Waals surface area contributed by atoms with Gasteiger partial charge in [0.1, 0.15) is 0 Å². The second-order valence-electron chi connectivity index (χ2n) is 6.16. The first-order valence-electron chi connectivity index (χ1n) is 9.21. The van der Waals surface area contributed by atoms with E-state index >= 15 is 0 Å². The van der Waals surface area contributed by atoms with Crippen molar-refractivity contribution in [2.24, 2.45) is 5.10 Å². The zero-order chi connectivity index (χ0) is 20.5. The molecule has 0 unspecified atom stereocenters. The van der Waals surface area contributed by atoms with E-state index in [9.17, 15) is 9.90 Å². The Bertz CT molecular complexity index is 973. The summed E-state index contributed by atoms with van der Waals surface area (Å²) in [6, 6.07) is 22.6. The van der Waals surface area contributed by atoms with Crippen molar-refractivity contribution in [3.8, 4) is 11.5 Å². The lowest BCUT2D eigenvalue weighted by Crippen LogP contribution is -2.17. The number of nitrogens with zero attached hydrogens (tertiary/aromatic N) is 1. The van der Waals surface area contributed by atoms with Crippen molar-refractivity contribution in [2.75, 3.05) is 6.61 Å². The van der Waals surface area contributed by atoms with Crippen LogP contribution in [0.5, 0.6) is 11.5 Å². The minimum atomic E-state index is -0.285. The summed E-state index contributed by atoms with van der Waals surface area (Å²) in [7, 11) is 0. The fourth-order valence-corrected chi connectivity index (χ4v) is 3.42. The maximum atomic E-state index is 12.3. The van der Waals surface area contributed by atoms with Gasteiger partial charge in [0.2, 0.25) is 0 Å². The second-order valence-corrected chi connectivity index (χ2v) is 7.21. The van der Waals surface area contributed by atoms with Crippen molar-refractivity contribution in [1.82, 2.24) is 5.43 Å². The quantitative estimate of drug-likeness (QED) is 0.319. The molecule has 0 aromatic heterocycles. The Morgan fingerprint density at radius 2 is 1.86 bits per heavy atom. The van der Waals surface area contributed by atoms with Crippen LogP contribution in [0.15, 0.2) is 82.8 Å². The van der Waals surface area contributed by atoms with Crippen LogP contribution in [0.4, 0.5) is 0 Å². The number of phenols is 1. The van der Waals surface area contributed by atoms with Crippen molar-refractivity contribution < 1.29 is 14.6 Å². The van der Waals surface area contributed by atoms with E-state index in [-0.39, 0.29) is 11.7 Å². The van der Waals surface area contributed by atoms with Crippen LogP contribution >= 0.6 is 11.8 Å². The Balaban J connectivity index is 1.54. The monoisotopic (exact) mass is 406 g/mol. The highest BCUT2D eigenvalue weighted by Crippen LogP contribution is 2.26. The van der Waals surface area contributed by atoms with Crippen LogP contribution in [-0.4, -0.2) is 23.8 Å². The minimum absolute atomic E-state index is 0.0681. The molecule has 0 saturated heterocycles. The van der Waals surface area contributed by atoms with Crippen molar-refractivity contribution in [3.63, 3.8) is 0 Å². The second kappa shape index (κ2) is 10.3. The molecule has 3 aromatic carbocycles. The summed E-state index contributed by atoms with van der Waals surface area (Å²) in [4.78, 5) is 13.5. The first kappa shape index (κ1) is 20.5. The fraction of sp³-hybridized carbons (Fsp3) is 0.130. The Kier molecular flexibility index (Phi) is 7.30. The number of carbonyl (C=O) groups is 1. The molecule has 2 N–H and O–H groups in total. The Hall–Kier alpha value is -3.25. The van der Waals surface area contributed by atoms with Crippen LogP contribution in [-0.2, 0) is 5.75 Å². The van der Waals surface area contributed by atoms with Gasteiger partial charge >= 0.3 is 0 Å². The van der Waals surface area contributed by atoms with Gasteiger partial charge in [0.05, 0.1) is 12.8 Å². The topological polar surface area (TPSA) is 70.9 Å². The maximum absolute atomic E-state index is 12.3. The number of hydrogen-bond donors (Lipinski definition) is 2. The molecular weight excluding hydrogens is 384 g/mol. The number of hydrazone groups is 1. The number of amides is 1. The van der Waals surface area contributed by atoms with E-state index in [4.69, 9.17) is 4.74 Å². The van der Waals surface area contributed by atoms with Crippen LogP contribution in [0.2, 0.25) is 0 Å². The van der Waals surface area contributed by atoms with Crippen LogP contribution < -0.4 is 10.2 Å². The van der Waals surface area contributed by atoms with Crippen LogP contribution in [0.3, 0.4) is 0 Å². The summed E-state index contributed by atoms with van der Waals surface area (Å²) in [5.74, 6) is 1.00. The normalized spacial score (nSPS) is 10.8. The molecule has 0 bridgehead atoms. The number of aromatic hydroxyl groups is 1. The third kappa shape index (κ3) is 6.12. The SMILES string of the molecule is CCOc1cc(/C=N\NC(=O)c2ccc(CSc3ccccc3)cc2)ccc1O. The fourth-order valence-electron chi connectivity index (χ4n) is 2.55. The molecule has 0 fully saturated rings. The summed E-state index contributed by atoms with van der Waals surface area (Å²) < 4.78 is 5.33. The van der Waals surface area contributed by atoms with Gasteiger partial charge < -0.3 is 9.84 Å². The zero-order valence-electron chi connectivity index (χ0n) is 16.0. The van der Waals surface area contributed by atoms with Gasteiger partial charge in [-0.15, -0.1) is 11.8 Å². The number of rotatable bonds is 8. The highest BCUT2D eigenvalue weighted by molar-refractivity contribution is 7.98. The molecular formula is C23H22N2O3S. The molecule has 0 aliphatic carbocycles. The number of thioether (sulfide) groups is 1. The lowest BCUT2D eigenvalue weighted by molar-refractivity contribution is 0.0955. The highest BCUT2D eigenvalue weighted by atomic mass is 32.2. The third-order valence-corrected chi connectivity index (χ3v) is 5.11. The highest BCUT2D eigenvalue weighted by Gasteiger charge is 2.05. The molecule has 0 atom stereocenters. The van der Waals surface area contributed by atoms with E-state index in [1.54, 1.807) is 36.0 Å². The lowest BCUT2D eigenvalue weighted by Gasteiger charge is -2.06. The molecule has 0 radical (unpaired) electrons. The largest absolute Gasteiger partial charge is 0.504 e. The molecule has 148 valence electrons. The molecule has 0 aliphatic heterocycles. The molecule has 3 rings (SSSR count). The predicted molar refractivity (Wildman–Crippen MR) is 117 cm³/mol. The lowest BCUT2D eigenvalue weighted by atomic mass is 10.1. The van der Waals surface area contributed by atoms with Gasteiger partial charge in [-0.25, -0.2) is 5.43 Å². The summed E-state index contributed by atoms with van der Waals surface area (Å²) in [6.07, 6.45) is 1.50. The number of benzene rings is 3. The maximum Gasteiger partial charge on any atom is 0.271 e. The zero-order valence-corrected chi connectivity index (χ0v) is 16.9. The van der Waals surface area contributed by atoms with Gasteiger partial charge in [0.25, 0.3) is 5.91 Å². The molecule has 3 aromatic rings. The summed E-state index contributed by atoms with van der Waals surface area (Å²) in [6.45, 7) is 2.29. The Morgan fingerprint density at radius 3 is 2.59 bits per heavy atom. The predicted octanol–water partition coefficient (Wildman–Crippen LogP) is 4.85. The Morgan fingerprint density at radius 1 is 1.10 bits per heavy atom. The van der Waals surface area contributed by atoms with Crippen LogP contribution in [0.1, 0.15) is 28.4 Å². The molecule has 0 saturated carbocycles. The van der Waals surface area contributed by atoms with Crippen molar-refractivity contribution in [1.29, 1.82) is 0 Å². The van der Waals surface area contributed by atoms with Gasteiger partial charge in [0.15, 0.2) is 11.5 Å². The third-order valence-electron chi connectivity index (χ3n) is 4.03. The van der Waals surface area contributed by atoms with Gasteiger partial charge in [-0.1, -0.05) is 30.3 Å². The van der Waals surface area contributed by atoms with Crippen molar-refractivity contribution in [2.45, 2.75) is 17.6 Å². The van der Waals surface area contributed by atoms with Crippen molar-refractivity contribution in [3.05, 3.63) is 89.5 Å². The van der Waals surface area contributed by atoms with E-state index in [0.717, 1.165) is 11.3 Å². The average molecular weight is 407 g/mol. The van der Waals surface area contributed by atoms with Gasteiger partial charge in [-0.2, -0.15) is 5.10 Å². The number of nitrogens with one attached hydrogen (secondary N) is 1. The average Bonchev–Trinajstić information content (AvgIpc) is 2.75. The molecule has 29 heavy (non-hydrogen) atoms. The van der Waals surface area contributed by atoms with E-state index in [0.29, 0.717) is 23.5 Å². The minimum Gasteiger partial charge on any atom is -0.504 e. The summed E-state index contributed by atoms with van der Waals surface area (Å²) in [5, 5.41) is 13.7. The van der Waals surface area contributed by atoms with Gasteiger partial charge in [-0.05, 0) is 60.5 Å². The molecule has 5 nitrogen and oxygen atoms in total. The van der Waals surface area contributed by atoms with Gasteiger partial charge in [0, 0.05) is 16.2 Å². The first-order valence-corrected chi connectivity index (χ1v) is 10.2. The number of carbonyl (C=O) groups excluding carboxylic acids is 1. The number of hydrogen-bond acceptors (Lipinski definition) is 5. The standard InChI is InChI=1S/C23H22N2O3S/c1-2-28-22-14-18(10-13-21(22)26)15-24-25-23(27)19-11-8-17(9-12-19)16-29-20-6-4-3-5-7-20/h3-15,26H,2,16H2,1H3,(H,25,27)/b24-15-. The Labute approximate surface area is 174 Å². The molecule has 6 heteroatoms. The van der Waals surface area contributed by atoms with Crippen LogP contribution in [0, 0.1) is 0 Å². The van der Waals surface area contributed by atoms with E-state index in [1.165, 1.54) is 17.2 Å². The van der Waals surface area contributed by atoms with E-state index < -0.39 is 0 Å². The summed E-state index contributed by atoms with van der Waals surface area (Å²) >= 11 is 1.75. The number of phenolic OH excluding ortho intramolecular Hbond substituents is 1. The van der Waals surface area contributed by atoms with Gasteiger partial charge in [-0.3, -0.25) is 4.79 Å². The summed E-state index contributed by atoms with van der Waals surface area (Å²) in [5.41, 5.74) is 4.90. The molecule has 1 amide bonds. The van der Waals surface area contributed by atoms with E-state index in [2.05, 4.69) is 22.7 Å². The van der Waals surface area contributed by atoms with Crippen molar-refractivity contribution >= 4 is 23.9 Å². The molecule has 0 spiro atoms. The smallest absolute Gasteiger partial charge is 0.271 e. The number of ether oxygens (including phenoxy) is 1.